The first-order valence-corrected chi connectivity index (χ1v) is 9.50. The molecule has 0 N–H and O–H groups in total. The van der Waals surface area contributed by atoms with E-state index in [1.54, 1.807) is 0 Å². The Kier molecular flexibility index (Phi) is 5.20. The minimum absolute atomic E-state index is 0.106. The van der Waals surface area contributed by atoms with Crippen LogP contribution >= 0.6 is 0 Å². The van der Waals surface area contributed by atoms with Crippen LogP contribution in [0.1, 0.15) is 37.3 Å². The average molecular weight is 450 g/mol. The number of halogens is 7. The van der Waals surface area contributed by atoms with Crippen molar-refractivity contribution >= 4 is 0 Å². The monoisotopic (exact) mass is 450 g/mol. The molecular weight excluding hydrogens is 433 g/mol. The summed E-state index contributed by atoms with van der Waals surface area (Å²) in [5.74, 6) is -11.4. The summed E-state index contributed by atoms with van der Waals surface area (Å²) in [6, 6.07) is 1.60. The van der Waals surface area contributed by atoms with Crippen LogP contribution < -0.4 is 4.74 Å². The highest BCUT2D eigenvalue weighted by Gasteiger charge is 2.52. The van der Waals surface area contributed by atoms with Crippen molar-refractivity contribution in [1.82, 2.24) is 0 Å². The molecule has 10 heteroatoms. The Morgan fingerprint density at radius 2 is 1.42 bits per heavy atom. The summed E-state index contributed by atoms with van der Waals surface area (Å²) in [6.45, 7) is 2.57. The zero-order valence-electron chi connectivity index (χ0n) is 16.2. The maximum atomic E-state index is 14.6. The van der Waals surface area contributed by atoms with Crippen molar-refractivity contribution < 1.29 is 44.9 Å². The quantitative estimate of drug-likeness (QED) is 0.419. The van der Waals surface area contributed by atoms with E-state index in [0.717, 1.165) is 6.42 Å². The first-order chi connectivity index (χ1) is 14.5. The van der Waals surface area contributed by atoms with E-state index in [2.05, 4.69) is 4.74 Å². The molecule has 5 rings (SSSR count). The van der Waals surface area contributed by atoms with Crippen molar-refractivity contribution in [2.45, 2.75) is 38.1 Å². The van der Waals surface area contributed by atoms with Crippen LogP contribution in [0.3, 0.4) is 0 Å². The summed E-state index contributed by atoms with van der Waals surface area (Å²) in [6.07, 6.45) is -2.90. The molecule has 2 aromatic rings. The van der Waals surface area contributed by atoms with E-state index in [9.17, 15) is 30.7 Å². The number of fused-ring (bicyclic) bond motifs is 3. The third-order valence-electron chi connectivity index (χ3n) is 5.93. The van der Waals surface area contributed by atoms with Crippen LogP contribution in [-0.2, 0) is 21.4 Å². The van der Waals surface area contributed by atoms with Crippen molar-refractivity contribution in [1.29, 1.82) is 0 Å². The Bertz CT molecular complexity index is 953. The van der Waals surface area contributed by atoms with Crippen LogP contribution in [0.2, 0.25) is 0 Å². The van der Waals surface area contributed by atoms with Gasteiger partial charge in [-0.3, -0.25) is 0 Å². The van der Waals surface area contributed by atoms with Gasteiger partial charge in [0.05, 0.1) is 13.2 Å². The van der Waals surface area contributed by atoms with Gasteiger partial charge in [0, 0.05) is 29.5 Å². The lowest BCUT2D eigenvalue weighted by Gasteiger charge is -2.52. The van der Waals surface area contributed by atoms with Crippen LogP contribution in [0.5, 0.6) is 5.75 Å². The first-order valence-electron chi connectivity index (χ1n) is 9.50. The molecule has 2 bridgehead atoms. The molecule has 0 unspecified atom stereocenters. The van der Waals surface area contributed by atoms with Crippen molar-refractivity contribution in [2.24, 2.45) is 5.41 Å². The van der Waals surface area contributed by atoms with Crippen LogP contribution in [0, 0.1) is 34.5 Å². The lowest BCUT2D eigenvalue weighted by molar-refractivity contribution is -0.350. The Hall–Kier alpha value is -2.33. The lowest BCUT2D eigenvalue weighted by Crippen LogP contribution is -2.53. The van der Waals surface area contributed by atoms with Gasteiger partial charge in [-0.15, -0.1) is 0 Å². The standard InChI is InChI=1S/C21H17F7O3/c1-2-19-3-4-20(29-9-19,30-10-19)11-5-13(22)17(14(23)6-11)21(27,28)31-12-7-15(24)18(26)16(25)8-12/h5-8H,2-4,9-10H2,1H3. The van der Waals surface area contributed by atoms with Gasteiger partial charge in [-0.25, -0.2) is 22.0 Å². The van der Waals surface area contributed by atoms with Gasteiger partial charge in [-0.2, -0.15) is 8.78 Å². The summed E-state index contributed by atoms with van der Waals surface area (Å²) < 4.78 is 113. The minimum Gasteiger partial charge on any atom is -0.429 e. The second-order valence-corrected chi connectivity index (χ2v) is 7.82. The molecule has 3 aliphatic heterocycles. The van der Waals surface area contributed by atoms with Gasteiger partial charge in [-0.1, -0.05) is 6.92 Å². The summed E-state index contributed by atoms with van der Waals surface area (Å²) in [7, 11) is 0. The fourth-order valence-corrected chi connectivity index (χ4v) is 3.89. The van der Waals surface area contributed by atoms with Gasteiger partial charge in [0.1, 0.15) is 22.9 Å². The molecule has 0 amide bonds. The number of rotatable bonds is 5. The summed E-state index contributed by atoms with van der Waals surface area (Å²) >= 11 is 0. The predicted molar refractivity (Wildman–Crippen MR) is 92.7 cm³/mol. The number of ether oxygens (including phenoxy) is 3. The van der Waals surface area contributed by atoms with Gasteiger partial charge < -0.3 is 14.2 Å². The van der Waals surface area contributed by atoms with Gasteiger partial charge in [-0.05, 0) is 25.0 Å². The molecule has 31 heavy (non-hydrogen) atoms. The van der Waals surface area contributed by atoms with E-state index < -0.39 is 52.3 Å². The zero-order chi connectivity index (χ0) is 22.6. The van der Waals surface area contributed by atoms with Crippen molar-refractivity contribution in [3.63, 3.8) is 0 Å². The van der Waals surface area contributed by atoms with E-state index in [0.29, 0.717) is 38.2 Å². The fourth-order valence-electron chi connectivity index (χ4n) is 3.89. The number of hydrogen-bond acceptors (Lipinski definition) is 3. The highest BCUT2D eigenvalue weighted by Crippen LogP contribution is 2.51. The van der Waals surface area contributed by atoms with E-state index in [1.165, 1.54) is 0 Å². The van der Waals surface area contributed by atoms with Gasteiger partial charge in [0.15, 0.2) is 23.2 Å². The molecule has 3 nitrogen and oxygen atoms in total. The number of alkyl halides is 2. The SMILES string of the molecule is CCC12CCC(c3cc(F)c(C(F)(F)Oc4cc(F)c(F)c(F)c4)c(F)c3)(OC1)OC2. The number of benzene rings is 2. The molecule has 2 aromatic carbocycles. The van der Waals surface area contributed by atoms with E-state index in [4.69, 9.17) is 9.47 Å². The largest absolute Gasteiger partial charge is 0.432 e. The third kappa shape index (κ3) is 3.65. The minimum atomic E-state index is -4.65. The average Bonchev–Trinajstić information content (AvgIpc) is 2.72. The van der Waals surface area contributed by atoms with E-state index in [1.807, 2.05) is 6.92 Å². The van der Waals surface area contributed by atoms with Crippen LogP contribution in [0.15, 0.2) is 24.3 Å². The van der Waals surface area contributed by atoms with Crippen molar-refractivity contribution in [2.75, 3.05) is 13.2 Å². The molecule has 0 spiro atoms. The molecule has 3 heterocycles. The van der Waals surface area contributed by atoms with E-state index >= 15 is 0 Å². The van der Waals surface area contributed by atoms with Crippen molar-refractivity contribution in [3.05, 3.63) is 64.5 Å². The molecule has 0 aliphatic carbocycles. The van der Waals surface area contributed by atoms with Gasteiger partial charge in [0.2, 0.25) is 0 Å². The Labute approximate surface area is 172 Å². The molecular formula is C21H17F7O3. The lowest BCUT2D eigenvalue weighted by atomic mass is 9.75. The second-order valence-electron chi connectivity index (χ2n) is 7.82. The third-order valence-corrected chi connectivity index (χ3v) is 5.93. The highest BCUT2D eigenvalue weighted by molar-refractivity contribution is 5.33. The maximum absolute atomic E-state index is 14.6. The van der Waals surface area contributed by atoms with Gasteiger partial charge >= 0.3 is 6.11 Å². The van der Waals surface area contributed by atoms with Crippen LogP contribution in [0.25, 0.3) is 0 Å². The second kappa shape index (κ2) is 7.37. The molecule has 3 saturated heterocycles. The Balaban J connectivity index is 1.64. The molecule has 0 atom stereocenters. The normalized spacial score (nSPS) is 25.7. The molecule has 0 saturated carbocycles. The zero-order valence-corrected chi connectivity index (χ0v) is 16.2. The summed E-state index contributed by atoms with van der Waals surface area (Å²) in [4.78, 5) is 0. The predicted octanol–water partition coefficient (Wildman–Crippen LogP) is 5.90. The molecule has 0 aromatic heterocycles. The first kappa shape index (κ1) is 21.9. The topological polar surface area (TPSA) is 27.7 Å². The van der Waals surface area contributed by atoms with E-state index in [-0.39, 0.29) is 23.1 Å². The molecule has 168 valence electrons. The molecule has 0 radical (unpaired) electrons. The van der Waals surface area contributed by atoms with Crippen LogP contribution in [0.4, 0.5) is 30.7 Å². The molecule has 3 fully saturated rings. The van der Waals surface area contributed by atoms with Gasteiger partial charge in [0.25, 0.3) is 0 Å². The Morgan fingerprint density at radius 1 is 0.871 bits per heavy atom. The number of hydrogen-bond donors (Lipinski definition) is 0. The Morgan fingerprint density at radius 3 is 1.87 bits per heavy atom. The van der Waals surface area contributed by atoms with Crippen LogP contribution in [-0.4, -0.2) is 13.2 Å². The summed E-state index contributed by atoms with van der Waals surface area (Å²) in [5, 5.41) is 0. The fraction of sp³-hybridized carbons (Fsp3) is 0.429. The smallest absolute Gasteiger partial charge is 0.429 e. The molecule has 3 aliphatic rings. The van der Waals surface area contributed by atoms with Crippen molar-refractivity contribution in [3.8, 4) is 5.75 Å². The summed E-state index contributed by atoms with van der Waals surface area (Å²) in [5.41, 5.74) is -2.06. The highest BCUT2D eigenvalue weighted by atomic mass is 19.3. The maximum Gasteiger partial charge on any atom is 0.432 e.